The van der Waals surface area contributed by atoms with Gasteiger partial charge in [0, 0.05) is 45.0 Å². The molecule has 1 aromatic carbocycles. The molecule has 12 nitrogen and oxygen atoms in total. The minimum Gasteiger partial charge on any atom is -0.459 e. The third-order valence-corrected chi connectivity index (χ3v) is 6.99. The van der Waals surface area contributed by atoms with Gasteiger partial charge in [-0.2, -0.15) is 4.68 Å². The average Bonchev–Trinajstić information content (AvgIpc) is 3.43. The Balaban J connectivity index is 1.05. The number of carbonyl (C=O) groups excluding carboxylic acids is 2. The van der Waals surface area contributed by atoms with E-state index in [1.807, 2.05) is 24.0 Å². The minimum absolute atomic E-state index is 0.0474. The molecule has 0 bridgehead atoms. The highest BCUT2D eigenvalue weighted by Crippen LogP contribution is 2.30. The van der Waals surface area contributed by atoms with Crippen LogP contribution in [0, 0.1) is 0 Å². The predicted octanol–water partition coefficient (Wildman–Crippen LogP) is 0.381. The van der Waals surface area contributed by atoms with Gasteiger partial charge in [0.15, 0.2) is 0 Å². The van der Waals surface area contributed by atoms with Crippen molar-refractivity contribution in [2.24, 2.45) is 0 Å². The number of rotatable bonds is 4. The first-order valence-corrected chi connectivity index (χ1v) is 12.0. The lowest BCUT2D eigenvalue weighted by Crippen LogP contribution is -2.59. The van der Waals surface area contributed by atoms with Gasteiger partial charge in [0.2, 0.25) is 5.91 Å². The van der Waals surface area contributed by atoms with Gasteiger partial charge in [0.25, 0.3) is 5.95 Å². The Morgan fingerprint density at radius 1 is 1.17 bits per heavy atom. The van der Waals surface area contributed by atoms with Crippen molar-refractivity contribution in [1.82, 2.24) is 40.0 Å². The van der Waals surface area contributed by atoms with Crippen molar-refractivity contribution in [3.63, 3.8) is 0 Å². The molecule has 0 spiro atoms. The molecule has 2 aromatic heterocycles. The fourth-order valence-corrected chi connectivity index (χ4v) is 5.09. The van der Waals surface area contributed by atoms with Gasteiger partial charge in [-0.25, -0.2) is 14.8 Å². The van der Waals surface area contributed by atoms with Crippen molar-refractivity contribution in [3.8, 4) is 5.95 Å². The maximum atomic E-state index is 13.0. The van der Waals surface area contributed by atoms with E-state index in [1.54, 1.807) is 12.4 Å². The summed E-state index contributed by atoms with van der Waals surface area (Å²) in [6.45, 7) is 5.31. The second-order valence-corrected chi connectivity index (χ2v) is 9.47. The largest absolute Gasteiger partial charge is 0.459 e. The Kier molecular flexibility index (Phi) is 5.89. The fraction of sp³-hybridized carbons (Fsp3) is 0.458. The standard InChI is InChI=1S/C24H26N8O4/c1-15-6-18-8-17(2-3-20(18)23(34)36-15)21-12-30-4-5-31(11-19(30)13-35-21)22(33)7-16-9-25-24(26-10-16)32-14-27-28-29-32/h2-3,8-10,14-15,19,21H,4-7,11-13H2,1H3/t15-,19-,21-/m0/s1. The third kappa shape index (κ3) is 4.44. The summed E-state index contributed by atoms with van der Waals surface area (Å²) >= 11 is 0. The molecule has 6 rings (SSSR count). The summed E-state index contributed by atoms with van der Waals surface area (Å²) in [5.41, 5.74) is 3.49. The number of morpholine rings is 1. The molecule has 3 atom stereocenters. The number of hydrogen-bond donors (Lipinski definition) is 0. The predicted molar refractivity (Wildman–Crippen MR) is 124 cm³/mol. The lowest BCUT2D eigenvalue weighted by molar-refractivity contribution is -0.139. The zero-order valence-corrected chi connectivity index (χ0v) is 19.9. The summed E-state index contributed by atoms with van der Waals surface area (Å²) in [5.74, 6) is 0.147. The molecule has 3 aliphatic rings. The lowest BCUT2D eigenvalue weighted by atomic mass is 9.94. The number of tetrazole rings is 1. The van der Waals surface area contributed by atoms with E-state index < -0.39 is 0 Å². The number of benzene rings is 1. The Morgan fingerprint density at radius 2 is 2.03 bits per heavy atom. The summed E-state index contributed by atoms with van der Waals surface area (Å²) < 4.78 is 12.9. The molecule has 12 heteroatoms. The molecule has 3 aromatic rings. The number of ether oxygens (including phenoxy) is 2. The van der Waals surface area contributed by atoms with E-state index >= 15 is 0 Å². The van der Waals surface area contributed by atoms with Crippen LogP contribution in [-0.2, 0) is 27.1 Å². The van der Waals surface area contributed by atoms with Crippen molar-refractivity contribution in [2.45, 2.75) is 38.0 Å². The zero-order chi connectivity index (χ0) is 24.6. The van der Waals surface area contributed by atoms with Gasteiger partial charge in [0.05, 0.1) is 30.7 Å². The minimum atomic E-state index is -0.254. The molecule has 5 heterocycles. The molecular weight excluding hydrogens is 464 g/mol. The smallest absolute Gasteiger partial charge is 0.338 e. The van der Waals surface area contributed by atoms with E-state index in [1.165, 1.54) is 11.0 Å². The van der Waals surface area contributed by atoms with Gasteiger partial charge in [-0.3, -0.25) is 9.69 Å². The van der Waals surface area contributed by atoms with Crippen molar-refractivity contribution in [1.29, 1.82) is 0 Å². The average molecular weight is 491 g/mol. The van der Waals surface area contributed by atoms with Crippen molar-refractivity contribution in [2.75, 3.05) is 32.8 Å². The van der Waals surface area contributed by atoms with Crippen LogP contribution in [0.3, 0.4) is 0 Å². The monoisotopic (exact) mass is 490 g/mol. The first-order valence-electron chi connectivity index (χ1n) is 12.0. The Morgan fingerprint density at radius 3 is 2.83 bits per heavy atom. The Hall–Kier alpha value is -3.77. The molecule has 0 aliphatic carbocycles. The van der Waals surface area contributed by atoms with Gasteiger partial charge in [-0.1, -0.05) is 12.1 Å². The van der Waals surface area contributed by atoms with E-state index in [9.17, 15) is 9.59 Å². The summed E-state index contributed by atoms with van der Waals surface area (Å²) in [4.78, 5) is 37.9. The van der Waals surface area contributed by atoms with Crippen molar-refractivity contribution in [3.05, 3.63) is 59.2 Å². The van der Waals surface area contributed by atoms with E-state index in [-0.39, 0.29) is 36.5 Å². The van der Waals surface area contributed by atoms with Crippen molar-refractivity contribution >= 4 is 11.9 Å². The molecule has 0 unspecified atom stereocenters. The highest BCUT2D eigenvalue weighted by atomic mass is 16.5. The van der Waals surface area contributed by atoms with Crippen LogP contribution in [0.5, 0.6) is 0 Å². The number of esters is 1. The lowest BCUT2D eigenvalue weighted by Gasteiger charge is -2.46. The maximum absolute atomic E-state index is 13.0. The molecule has 2 saturated heterocycles. The van der Waals surface area contributed by atoms with E-state index in [0.29, 0.717) is 31.2 Å². The fourth-order valence-electron chi connectivity index (χ4n) is 5.09. The molecule has 0 radical (unpaired) electrons. The van der Waals surface area contributed by atoms with Gasteiger partial charge in [0.1, 0.15) is 12.4 Å². The number of nitrogens with zero attached hydrogens (tertiary/aromatic N) is 8. The Labute approximate surface area is 207 Å². The van der Waals surface area contributed by atoms with Crippen molar-refractivity contribution < 1.29 is 19.1 Å². The summed E-state index contributed by atoms with van der Waals surface area (Å²) in [6, 6.07) is 6.06. The summed E-state index contributed by atoms with van der Waals surface area (Å²) in [5, 5.41) is 10.9. The zero-order valence-electron chi connectivity index (χ0n) is 19.9. The van der Waals surface area contributed by atoms with Crippen LogP contribution in [-0.4, -0.2) is 96.8 Å². The summed E-state index contributed by atoms with van der Waals surface area (Å²) in [7, 11) is 0. The molecule has 3 aliphatic heterocycles. The van der Waals surface area contributed by atoms with Gasteiger partial charge in [-0.15, -0.1) is 5.10 Å². The molecular formula is C24H26N8O4. The highest BCUT2D eigenvalue weighted by molar-refractivity contribution is 5.92. The van der Waals surface area contributed by atoms with E-state index in [0.717, 1.165) is 36.2 Å². The highest BCUT2D eigenvalue weighted by Gasteiger charge is 2.36. The number of aromatic nitrogens is 6. The van der Waals surface area contributed by atoms with Crippen LogP contribution >= 0.6 is 0 Å². The molecule has 0 N–H and O–H groups in total. The quantitative estimate of drug-likeness (QED) is 0.473. The van der Waals surface area contributed by atoms with E-state index in [4.69, 9.17) is 9.47 Å². The van der Waals surface area contributed by atoms with Crippen LogP contribution in [0.25, 0.3) is 5.95 Å². The van der Waals surface area contributed by atoms with Crippen LogP contribution in [0.15, 0.2) is 36.9 Å². The molecule has 36 heavy (non-hydrogen) atoms. The second kappa shape index (κ2) is 9.36. The first-order chi connectivity index (χ1) is 17.5. The van der Waals surface area contributed by atoms with Gasteiger partial charge >= 0.3 is 5.97 Å². The SMILES string of the molecule is C[C@H]1Cc2cc([C@@H]3CN4CCN(C(=O)Cc5cnc(-n6cnnn6)nc5)C[C@H]4CO3)ccc2C(=O)O1. The summed E-state index contributed by atoms with van der Waals surface area (Å²) in [6.07, 6.45) is 5.46. The molecule has 0 saturated carbocycles. The van der Waals surface area contributed by atoms with Crippen LogP contribution in [0.4, 0.5) is 0 Å². The number of hydrogen-bond acceptors (Lipinski definition) is 10. The van der Waals surface area contributed by atoms with E-state index in [2.05, 4.69) is 36.5 Å². The number of cyclic esters (lactones) is 1. The first kappa shape index (κ1) is 22.7. The normalized spacial score (nSPS) is 24.1. The number of amides is 1. The maximum Gasteiger partial charge on any atom is 0.338 e. The molecule has 186 valence electrons. The van der Waals surface area contributed by atoms with Crippen LogP contribution in [0.1, 0.15) is 40.1 Å². The Bertz CT molecular complexity index is 1270. The van der Waals surface area contributed by atoms with Gasteiger partial charge < -0.3 is 14.4 Å². The third-order valence-electron chi connectivity index (χ3n) is 6.99. The van der Waals surface area contributed by atoms with Gasteiger partial charge in [-0.05, 0) is 40.1 Å². The molecule has 1 amide bonds. The topological polar surface area (TPSA) is 128 Å². The van der Waals surface area contributed by atoms with Crippen LogP contribution in [0.2, 0.25) is 0 Å². The number of carbonyl (C=O) groups is 2. The second-order valence-electron chi connectivity index (χ2n) is 9.47. The number of fused-ring (bicyclic) bond motifs is 2. The molecule has 2 fully saturated rings. The van der Waals surface area contributed by atoms with Crippen LogP contribution < -0.4 is 0 Å². The number of piperazine rings is 1.